The average Bonchev–Trinajstić information content (AvgIpc) is 2.60. The van der Waals surface area contributed by atoms with Crippen LogP contribution in [0, 0.1) is 23.2 Å². The van der Waals surface area contributed by atoms with Crippen molar-refractivity contribution in [2.45, 2.75) is 56.4 Å². The zero-order valence-corrected chi connectivity index (χ0v) is 19.1. The number of hydrogen-bond acceptors (Lipinski definition) is 3. The molecule has 1 aromatic rings. The van der Waals surface area contributed by atoms with Crippen molar-refractivity contribution in [1.82, 2.24) is 9.62 Å². The van der Waals surface area contributed by atoms with Crippen molar-refractivity contribution in [3.8, 4) is 0 Å². The monoisotopic (exact) mass is 468 g/mol. The first-order chi connectivity index (χ1) is 13.1. The summed E-state index contributed by atoms with van der Waals surface area (Å²) in [5, 5.41) is 3.22. The van der Waals surface area contributed by atoms with E-state index < -0.39 is 10.0 Å². The van der Waals surface area contributed by atoms with Gasteiger partial charge < -0.3 is 5.32 Å². The van der Waals surface area contributed by atoms with E-state index in [9.17, 15) is 13.2 Å². The highest BCUT2D eigenvalue weighted by molar-refractivity contribution is 9.10. The number of halogens is 1. The summed E-state index contributed by atoms with van der Waals surface area (Å²) in [6.45, 7) is 2.14. The van der Waals surface area contributed by atoms with Crippen LogP contribution in [0.15, 0.2) is 27.6 Å². The Kier molecular flexibility index (Phi) is 5.16. The zero-order valence-electron chi connectivity index (χ0n) is 16.7. The Hall–Kier alpha value is -0.920. The molecule has 1 aromatic carbocycles. The minimum absolute atomic E-state index is 0.103. The molecular weight excluding hydrogens is 440 g/mol. The van der Waals surface area contributed by atoms with Gasteiger partial charge in [0.2, 0.25) is 10.0 Å². The molecule has 1 atom stereocenters. The van der Waals surface area contributed by atoms with E-state index in [1.807, 2.05) is 0 Å². The van der Waals surface area contributed by atoms with Gasteiger partial charge in [-0.15, -0.1) is 0 Å². The maximum absolute atomic E-state index is 13.0. The first kappa shape index (κ1) is 20.4. The minimum atomic E-state index is -3.62. The van der Waals surface area contributed by atoms with E-state index in [4.69, 9.17) is 0 Å². The predicted octanol–water partition coefficient (Wildman–Crippen LogP) is 4.03. The fourth-order valence-electron chi connectivity index (χ4n) is 6.18. The van der Waals surface area contributed by atoms with Gasteiger partial charge in [-0.2, -0.15) is 0 Å². The molecular formula is C21H29BrN2O3S. The second-order valence-electron chi connectivity index (χ2n) is 9.41. The smallest absolute Gasteiger partial charge is 0.251 e. The van der Waals surface area contributed by atoms with Crippen LogP contribution < -0.4 is 5.32 Å². The third-order valence-corrected chi connectivity index (χ3v) is 10.1. The summed E-state index contributed by atoms with van der Waals surface area (Å²) in [5.41, 5.74) is 0.610. The van der Waals surface area contributed by atoms with Crippen LogP contribution in [0.25, 0.3) is 0 Å². The van der Waals surface area contributed by atoms with Gasteiger partial charge in [0.15, 0.2) is 0 Å². The van der Waals surface area contributed by atoms with Crippen molar-refractivity contribution >= 4 is 31.9 Å². The van der Waals surface area contributed by atoms with Gasteiger partial charge in [-0.05, 0) is 103 Å². The molecule has 4 aliphatic carbocycles. The van der Waals surface area contributed by atoms with E-state index in [1.54, 1.807) is 12.1 Å². The lowest BCUT2D eigenvalue weighted by atomic mass is 9.48. The number of nitrogens with zero attached hydrogens (tertiary/aromatic N) is 1. The maximum Gasteiger partial charge on any atom is 0.251 e. The normalized spacial score (nSPS) is 32.5. The topological polar surface area (TPSA) is 66.5 Å². The van der Waals surface area contributed by atoms with E-state index in [1.165, 1.54) is 58.7 Å². The van der Waals surface area contributed by atoms with E-state index in [2.05, 4.69) is 28.2 Å². The second-order valence-corrected chi connectivity index (χ2v) is 12.4. The van der Waals surface area contributed by atoms with Crippen molar-refractivity contribution in [3.63, 3.8) is 0 Å². The second kappa shape index (κ2) is 7.10. The van der Waals surface area contributed by atoms with Crippen LogP contribution in [0.4, 0.5) is 0 Å². The summed E-state index contributed by atoms with van der Waals surface area (Å²) in [5.74, 6) is 2.30. The molecule has 1 amide bonds. The minimum Gasteiger partial charge on any atom is -0.349 e. The highest BCUT2D eigenvalue weighted by Crippen LogP contribution is 2.61. The lowest BCUT2D eigenvalue weighted by molar-refractivity contribution is -0.0688. The number of nitrogens with one attached hydrogen (secondary N) is 1. The number of carbonyl (C=O) groups is 1. The van der Waals surface area contributed by atoms with Crippen LogP contribution in [0.5, 0.6) is 0 Å². The average molecular weight is 469 g/mol. The molecule has 28 heavy (non-hydrogen) atoms. The Morgan fingerprint density at radius 2 is 1.68 bits per heavy atom. The van der Waals surface area contributed by atoms with Crippen molar-refractivity contribution in [1.29, 1.82) is 0 Å². The molecule has 4 bridgehead atoms. The maximum atomic E-state index is 13.0. The standard InChI is InChI=1S/C21H29BrN2O3S/c1-13(21-10-14-6-15(11-21)8-16(7-14)12-21)23-20(25)17-4-5-18(22)19(9-17)28(26,27)24(2)3/h4-5,9,13-16H,6-8,10-12H2,1-3H3,(H,23,25)/t13-,14?,15?,16?,21?/m0/s1. The summed E-state index contributed by atoms with van der Waals surface area (Å²) >= 11 is 3.30. The van der Waals surface area contributed by atoms with Gasteiger partial charge in [0.05, 0.1) is 4.90 Å². The number of sulfonamides is 1. The summed E-state index contributed by atoms with van der Waals surface area (Å²) in [7, 11) is -0.643. The van der Waals surface area contributed by atoms with Crippen LogP contribution in [0.3, 0.4) is 0 Å². The lowest BCUT2D eigenvalue weighted by Gasteiger charge is -2.59. The van der Waals surface area contributed by atoms with Crippen molar-refractivity contribution < 1.29 is 13.2 Å². The fourth-order valence-corrected chi connectivity index (χ4v) is 8.02. The molecule has 5 nitrogen and oxygen atoms in total. The molecule has 7 heteroatoms. The summed E-state index contributed by atoms with van der Waals surface area (Å²) < 4.78 is 26.7. The van der Waals surface area contributed by atoms with Crippen LogP contribution in [0.2, 0.25) is 0 Å². The Morgan fingerprint density at radius 1 is 1.14 bits per heavy atom. The van der Waals surface area contributed by atoms with Crippen molar-refractivity contribution in [2.75, 3.05) is 14.1 Å². The Labute approximate surface area is 176 Å². The van der Waals surface area contributed by atoms with E-state index in [0.29, 0.717) is 10.0 Å². The number of rotatable bonds is 5. The number of benzene rings is 1. The largest absolute Gasteiger partial charge is 0.349 e. The fraction of sp³-hybridized carbons (Fsp3) is 0.667. The lowest BCUT2D eigenvalue weighted by Crippen LogP contribution is -2.55. The summed E-state index contributed by atoms with van der Waals surface area (Å²) in [6, 6.07) is 4.90. The molecule has 0 spiro atoms. The van der Waals surface area contributed by atoms with Gasteiger partial charge in [-0.1, -0.05) is 0 Å². The van der Waals surface area contributed by atoms with Crippen LogP contribution in [0.1, 0.15) is 55.8 Å². The molecule has 5 rings (SSSR count). The van der Waals surface area contributed by atoms with Gasteiger partial charge in [-0.3, -0.25) is 4.79 Å². The summed E-state index contributed by atoms with van der Waals surface area (Å²) in [6.07, 6.45) is 7.79. The highest BCUT2D eigenvalue weighted by atomic mass is 79.9. The molecule has 1 N–H and O–H groups in total. The number of hydrogen-bond donors (Lipinski definition) is 1. The van der Waals surface area contributed by atoms with Crippen molar-refractivity contribution in [2.24, 2.45) is 23.2 Å². The first-order valence-electron chi connectivity index (χ1n) is 10.1. The third-order valence-electron chi connectivity index (χ3n) is 7.30. The Morgan fingerprint density at radius 3 is 2.18 bits per heavy atom. The van der Waals surface area contributed by atoms with Gasteiger partial charge >= 0.3 is 0 Å². The number of amides is 1. The van der Waals surface area contributed by atoms with E-state index in [-0.39, 0.29) is 22.3 Å². The molecule has 0 aromatic heterocycles. The van der Waals surface area contributed by atoms with Gasteiger partial charge in [0.25, 0.3) is 5.91 Å². The molecule has 4 saturated carbocycles. The van der Waals surface area contributed by atoms with E-state index in [0.717, 1.165) is 22.1 Å². The molecule has 0 heterocycles. The SMILES string of the molecule is C[C@H](NC(=O)c1ccc(Br)c(S(=O)(=O)N(C)C)c1)C12CC3CC(CC(C3)C1)C2. The molecule has 0 unspecified atom stereocenters. The van der Waals surface area contributed by atoms with Crippen LogP contribution in [-0.2, 0) is 10.0 Å². The van der Waals surface area contributed by atoms with Gasteiger partial charge in [0, 0.05) is 30.2 Å². The van der Waals surface area contributed by atoms with Crippen LogP contribution >= 0.6 is 15.9 Å². The van der Waals surface area contributed by atoms with Crippen molar-refractivity contribution in [3.05, 3.63) is 28.2 Å². The first-order valence-corrected chi connectivity index (χ1v) is 12.4. The van der Waals surface area contributed by atoms with Gasteiger partial charge in [0.1, 0.15) is 0 Å². The highest BCUT2D eigenvalue weighted by Gasteiger charge is 2.53. The Bertz CT molecular complexity index is 862. The van der Waals surface area contributed by atoms with E-state index >= 15 is 0 Å². The Balaban J connectivity index is 1.54. The molecule has 0 radical (unpaired) electrons. The molecule has 0 saturated heterocycles. The summed E-state index contributed by atoms with van der Waals surface area (Å²) in [4.78, 5) is 13.1. The number of carbonyl (C=O) groups excluding carboxylic acids is 1. The molecule has 0 aliphatic heterocycles. The molecule has 4 fully saturated rings. The molecule has 154 valence electrons. The van der Waals surface area contributed by atoms with Crippen LogP contribution in [-0.4, -0.2) is 38.8 Å². The molecule has 4 aliphatic rings. The third kappa shape index (κ3) is 3.43. The quantitative estimate of drug-likeness (QED) is 0.708. The zero-order chi connectivity index (χ0) is 20.3. The predicted molar refractivity (Wildman–Crippen MR) is 113 cm³/mol. The van der Waals surface area contributed by atoms with Gasteiger partial charge in [-0.25, -0.2) is 12.7 Å².